The van der Waals surface area contributed by atoms with Crippen LogP contribution >= 0.6 is 0 Å². The molecule has 0 bridgehead atoms. The second-order valence-electron chi connectivity index (χ2n) is 6.95. The molecule has 0 atom stereocenters. The lowest BCUT2D eigenvalue weighted by Crippen LogP contribution is -2.27. The molecule has 1 amide bonds. The van der Waals surface area contributed by atoms with Crippen molar-refractivity contribution in [2.75, 3.05) is 6.54 Å². The van der Waals surface area contributed by atoms with Crippen molar-refractivity contribution < 1.29 is 4.79 Å². The number of carbonyl (C=O) groups is 1. The predicted molar refractivity (Wildman–Crippen MR) is 101 cm³/mol. The van der Waals surface area contributed by atoms with Crippen molar-refractivity contribution in [1.29, 1.82) is 0 Å². The monoisotopic (exact) mass is 330 g/mol. The van der Waals surface area contributed by atoms with Gasteiger partial charge in [0.1, 0.15) is 0 Å². The lowest BCUT2D eigenvalue weighted by molar-refractivity contribution is -0.120. The highest BCUT2D eigenvalue weighted by molar-refractivity contribution is 5.95. The molecule has 0 radical (unpaired) electrons. The van der Waals surface area contributed by atoms with E-state index in [2.05, 4.69) is 53.6 Å². The molecule has 1 fully saturated rings. The molecule has 1 heterocycles. The molecule has 1 aliphatic rings. The molecule has 3 aromatic rings. The number of nitrogens with zero attached hydrogens (tertiary/aromatic N) is 1. The van der Waals surface area contributed by atoms with Gasteiger partial charge in [-0.2, -0.15) is 0 Å². The van der Waals surface area contributed by atoms with Crippen LogP contribution in [0.4, 0.5) is 0 Å². The van der Waals surface area contributed by atoms with Crippen LogP contribution in [0, 0.1) is 12.8 Å². The quantitative estimate of drug-likeness (QED) is 0.759. The number of rotatable bonds is 5. The van der Waals surface area contributed by atoms with Gasteiger partial charge in [-0.3, -0.25) is 9.78 Å². The minimum absolute atomic E-state index is 0.0984. The van der Waals surface area contributed by atoms with Crippen LogP contribution in [-0.2, 0) is 11.2 Å². The number of carbonyl (C=O) groups excluding carboxylic acids is 1. The normalized spacial score (nSPS) is 13.8. The molecule has 1 aliphatic carbocycles. The van der Waals surface area contributed by atoms with Crippen LogP contribution in [0.25, 0.3) is 22.0 Å². The molecular formula is C22H22N2O. The van der Waals surface area contributed by atoms with Crippen LogP contribution in [0.5, 0.6) is 0 Å². The molecule has 1 aromatic heterocycles. The van der Waals surface area contributed by atoms with E-state index < -0.39 is 0 Å². The van der Waals surface area contributed by atoms with Gasteiger partial charge in [-0.25, -0.2) is 0 Å². The van der Waals surface area contributed by atoms with E-state index in [1.807, 2.05) is 18.3 Å². The van der Waals surface area contributed by atoms with Crippen molar-refractivity contribution >= 4 is 16.8 Å². The molecule has 126 valence electrons. The third-order valence-electron chi connectivity index (χ3n) is 4.89. The average molecular weight is 330 g/mol. The van der Waals surface area contributed by atoms with Gasteiger partial charge in [0.2, 0.25) is 5.91 Å². The van der Waals surface area contributed by atoms with Gasteiger partial charge in [0.05, 0.1) is 11.9 Å². The molecule has 25 heavy (non-hydrogen) atoms. The van der Waals surface area contributed by atoms with Crippen molar-refractivity contribution in [2.45, 2.75) is 26.2 Å². The van der Waals surface area contributed by atoms with E-state index in [1.165, 1.54) is 29.5 Å². The van der Waals surface area contributed by atoms with Gasteiger partial charge < -0.3 is 5.32 Å². The predicted octanol–water partition coefficient (Wildman–Crippen LogP) is 4.28. The van der Waals surface area contributed by atoms with Gasteiger partial charge in [-0.05, 0) is 60.1 Å². The lowest BCUT2D eigenvalue weighted by Gasteiger charge is -2.10. The largest absolute Gasteiger partial charge is 0.356 e. The first-order valence-corrected chi connectivity index (χ1v) is 8.91. The van der Waals surface area contributed by atoms with Crippen LogP contribution in [0.3, 0.4) is 0 Å². The number of pyridine rings is 1. The van der Waals surface area contributed by atoms with Crippen LogP contribution in [0.15, 0.2) is 54.7 Å². The summed E-state index contributed by atoms with van der Waals surface area (Å²) in [6, 6.07) is 16.6. The average Bonchev–Trinajstić information content (AvgIpc) is 3.44. The topological polar surface area (TPSA) is 42.0 Å². The van der Waals surface area contributed by atoms with Crippen molar-refractivity contribution in [1.82, 2.24) is 10.3 Å². The molecule has 0 saturated heterocycles. The fraction of sp³-hybridized carbons (Fsp3) is 0.273. The Morgan fingerprint density at radius 3 is 2.76 bits per heavy atom. The lowest BCUT2D eigenvalue weighted by atomic mass is 9.96. The zero-order chi connectivity index (χ0) is 17.2. The number of amides is 1. The molecule has 0 spiro atoms. The Morgan fingerprint density at radius 2 is 1.96 bits per heavy atom. The molecule has 4 rings (SSSR count). The molecular weight excluding hydrogens is 308 g/mol. The zero-order valence-electron chi connectivity index (χ0n) is 14.5. The van der Waals surface area contributed by atoms with Crippen LogP contribution in [-0.4, -0.2) is 17.4 Å². The fourth-order valence-electron chi connectivity index (χ4n) is 3.24. The molecule has 2 aromatic carbocycles. The Hall–Kier alpha value is -2.68. The van der Waals surface area contributed by atoms with Gasteiger partial charge in [-0.15, -0.1) is 0 Å². The maximum absolute atomic E-state index is 12.1. The van der Waals surface area contributed by atoms with E-state index in [0.29, 0.717) is 12.3 Å². The van der Waals surface area contributed by atoms with Gasteiger partial charge >= 0.3 is 0 Å². The summed E-state index contributed by atoms with van der Waals surface area (Å²) < 4.78 is 0. The van der Waals surface area contributed by atoms with E-state index in [9.17, 15) is 4.79 Å². The first-order valence-electron chi connectivity index (χ1n) is 8.91. The van der Waals surface area contributed by atoms with Crippen LogP contribution in [0.2, 0.25) is 0 Å². The fourth-order valence-corrected chi connectivity index (χ4v) is 3.24. The number of hydrogen-bond acceptors (Lipinski definition) is 2. The van der Waals surface area contributed by atoms with E-state index in [0.717, 1.165) is 23.0 Å². The number of benzene rings is 2. The minimum Gasteiger partial charge on any atom is -0.356 e. The summed E-state index contributed by atoms with van der Waals surface area (Å²) >= 11 is 0. The summed E-state index contributed by atoms with van der Waals surface area (Å²) in [5.41, 5.74) is 5.61. The summed E-state index contributed by atoms with van der Waals surface area (Å²) in [5, 5.41) is 4.15. The summed E-state index contributed by atoms with van der Waals surface area (Å²) in [7, 11) is 0. The van der Waals surface area contributed by atoms with E-state index in [-0.39, 0.29) is 5.91 Å². The second kappa shape index (κ2) is 6.67. The van der Waals surface area contributed by atoms with Gasteiger partial charge in [0.15, 0.2) is 0 Å². The number of fused-ring (bicyclic) bond motifs is 1. The third kappa shape index (κ3) is 3.55. The first kappa shape index (κ1) is 15.8. The molecule has 3 heteroatoms. The zero-order valence-corrected chi connectivity index (χ0v) is 14.5. The van der Waals surface area contributed by atoms with E-state index >= 15 is 0 Å². The SMILES string of the molecule is Cc1ccccc1-c1ccnc2cc(CC(=O)NCC3CC3)ccc12. The summed E-state index contributed by atoms with van der Waals surface area (Å²) in [6.45, 7) is 2.95. The maximum Gasteiger partial charge on any atom is 0.224 e. The molecule has 0 aliphatic heterocycles. The van der Waals surface area contributed by atoms with E-state index in [4.69, 9.17) is 0 Å². The van der Waals surface area contributed by atoms with Crippen molar-refractivity contribution in [2.24, 2.45) is 5.92 Å². The van der Waals surface area contributed by atoms with Gasteiger partial charge in [-0.1, -0.05) is 36.4 Å². The Kier molecular flexibility index (Phi) is 4.22. The molecule has 0 unspecified atom stereocenters. The summed E-state index contributed by atoms with van der Waals surface area (Å²) in [4.78, 5) is 16.6. The maximum atomic E-state index is 12.1. The Morgan fingerprint density at radius 1 is 1.12 bits per heavy atom. The number of nitrogens with one attached hydrogen (secondary N) is 1. The van der Waals surface area contributed by atoms with Crippen LogP contribution in [0.1, 0.15) is 24.0 Å². The van der Waals surface area contributed by atoms with Gasteiger partial charge in [0, 0.05) is 18.1 Å². The van der Waals surface area contributed by atoms with Crippen LogP contribution < -0.4 is 5.32 Å². The standard InChI is InChI=1S/C22H22N2O/c1-15-4-2-3-5-18(15)19-10-11-23-21-12-17(8-9-20(19)21)13-22(25)24-14-16-6-7-16/h2-5,8-12,16H,6-7,13-14H2,1H3,(H,24,25). The number of aryl methyl sites for hydroxylation is 1. The first-order chi connectivity index (χ1) is 12.2. The number of aromatic nitrogens is 1. The second-order valence-corrected chi connectivity index (χ2v) is 6.95. The van der Waals surface area contributed by atoms with Crippen molar-refractivity contribution in [3.63, 3.8) is 0 Å². The summed E-state index contributed by atoms with van der Waals surface area (Å²) in [5.74, 6) is 0.806. The summed E-state index contributed by atoms with van der Waals surface area (Å²) in [6.07, 6.45) is 4.77. The Balaban J connectivity index is 1.61. The molecule has 1 N–H and O–H groups in total. The van der Waals surface area contributed by atoms with E-state index in [1.54, 1.807) is 0 Å². The number of hydrogen-bond donors (Lipinski definition) is 1. The Labute approximate surface area is 148 Å². The van der Waals surface area contributed by atoms with Gasteiger partial charge in [0.25, 0.3) is 0 Å². The highest BCUT2D eigenvalue weighted by Crippen LogP contribution is 2.30. The van der Waals surface area contributed by atoms with Crippen molar-refractivity contribution in [3.8, 4) is 11.1 Å². The highest BCUT2D eigenvalue weighted by atomic mass is 16.1. The third-order valence-corrected chi connectivity index (χ3v) is 4.89. The Bertz CT molecular complexity index is 928. The van der Waals surface area contributed by atoms with Crippen molar-refractivity contribution in [3.05, 3.63) is 65.9 Å². The highest BCUT2D eigenvalue weighted by Gasteiger charge is 2.21. The smallest absolute Gasteiger partial charge is 0.224 e. The molecule has 1 saturated carbocycles. The minimum atomic E-state index is 0.0984. The molecule has 3 nitrogen and oxygen atoms in total.